The van der Waals surface area contributed by atoms with Crippen LogP contribution in [0.25, 0.3) is 22.8 Å². The molecular weight excluding hydrogens is 449 g/mol. The Morgan fingerprint density at radius 1 is 1.09 bits per heavy atom. The molecule has 0 radical (unpaired) electrons. The molecule has 1 aromatic heterocycles. The maximum Gasteiger partial charge on any atom is 0.422 e. The van der Waals surface area contributed by atoms with Crippen molar-refractivity contribution in [2.45, 2.75) is 25.4 Å². The summed E-state index contributed by atoms with van der Waals surface area (Å²) in [6, 6.07) is 12.0. The monoisotopic (exact) mass is 472 g/mol. The summed E-state index contributed by atoms with van der Waals surface area (Å²) >= 11 is 0. The van der Waals surface area contributed by atoms with E-state index in [1.54, 1.807) is 0 Å². The molecule has 0 saturated carbocycles. The van der Waals surface area contributed by atoms with Crippen molar-refractivity contribution < 1.29 is 27.5 Å². The molecule has 2 heterocycles. The Morgan fingerprint density at radius 2 is 1.85 bits per heavy atom. The molecule has 0 bridgehead atoms. The number of aliphatic hydroxyl groups excluding tert-OH is 1. The van der Waals surface area contributed by atoms with Crippen molar-refractivity contribution >= 4 is 0 Å². The number of alkyl halides is 3. The third-order valence-electron chi connectivity index (χ3n) is 5.66. The van der Waals surface area contributed by atoms with Gasteiger partial charge in [0, 0.05) is 37.4 Å². The van der Waals surface area contributed by atoms with Gasteiger partial charge < -0.3 is 19.3 Å². The summed E-state index contributed by atoms with van der Waals surface area (Å²) in [5.41, 5.74) is 3.63. The first-order valence-electron chi connectivity index (χ1n) is 10.9. The van der Waals surface area contributed by atoms with Crippen molar-refractivity contribution in [1.82, 2.24) is 15.0 Å². The Hall–Kier alpha value is -3.42. The summed E-state index contributed by atoms with van der Waals surface area (Å²) < 4.78 is 47.4. The lowest BCUT2D eigenvalue weighted by Gasteiger charge is -2.18. The maximum atomic E-state index is 12.4. The van der Waals surface area contributed by atoms with Crippen molar-refractivity contribution in [3.05, 3.63) is 53.1 Å². The Morgan fingerprint density at radius 3 is 2.59 bits per heavy atom. The van der Waals surface area contributed by atoms with E-state index in [9.17, 15) is 18.4 Å². The van der Waals surface area contributed by atoms with Crippen molar-refractivity contribution in [2.24, 2.45) is 0 Å². The number of nitrogens with zero attached hydrogens (tertiary/aromatic N) is 4. The summed E-state index contributed by atoms with van der Waals surface area (Å²) in [6.07, 6.45) is -1.93. The van der Waals surface area contributed by atoms with Gasteiger partial charge in [0.1, 0.15) is 11.8 Å². The number of hydrogen-bond donors (Lipinski definition) is 1. The van der Waals surface area contributed by atoms with Gasteiger partial charge in [-0.3, -0.25) is 0 Å². The highest BCUT2D eigenvalue weighted by Gasteiger charge is 2.29. The molecule has 4 rings (SSSR count). The second-order valence-corrected chi connectivity index (χ2v) is 8.05. The standard InChI is InChI=1S/C24H23F3N4O3/c25-24(26,27)15-33-21-5-4-19(13-20(21)14-28)23-29-22(30-34-23)18-3-2-16-6-9-31(8-1-11-32)10-7-17(16)12-18/h2-5,12-13,32H,1,6-11,15H2. The molecule has 0 amide bonds. The number of nitriles is 1. The summed E-state index contributed by atoms with van der Waals surface area (Å²) in [5, 5.41) is 22.4. The Balaban J connectivity index is 1.51. The van der Waals surface area contributed by atoms with E-state index in [2.05, 4.69) is 21.1 Å². The van der Waals surface area contributed by atoms with Crippen LogP contribution >= 0.6 is 0 Å². The highest BCUT2D eigenvalue weighted by atomic mass is 19.4. The van der Waals surface area contributed by atoms with Crippen molar-refractivity contribution in [3.63, 3.8) is 0 Å². The number of aromatic nitrogens is 2. The van der Waals surface area contributed by atoms with Crippen LogP contribution in [0.2, 0.25) is 0 Å². The van der Waals surface area contributed by atoms with E-state index in [1.807, 2.05) is 18.2 Å². The molecule has 1 aliphatic rings. The van der Waals surface area contributed by atoms with Crippen LogP contribution in [0.4, 0.5) is 13.2 Å². The average molecular weight is 472 g/mol. The molecule has 3 aromatic rings. The van der Waals surface area contributed by atoms with Crippen LogP contribution in [0.15, 0.2) is 40.9 Å². The summed E-state index contributed by atoms with van der Waals surface area (Å²) in [6.45, 7) is 1.43. The minimum atomic E-state index is -4.50. The van der Waals surface area contributed by atoms with Crippen molar-refractivity contribution in [3.8, 4) is 34.7 Å². The van der Waals surface area contributed by atoms with Crippen LogP contribution < -0.4 is 4.74 Å². The lowest BCUT2D eigenvalue weighted by molar-refractivity contribution is -0.153. The third kappa shape index (κ3) is 5.73. The number of benzene rings is 2. The molecule has 0 aliphatic carbocycles. The fourth-order valence-electron chi connectivity index (χ4n) is 3.92. The molecule has 1 aliphatic heterocycles. The molecule has 34 heavy (non-hydrogen) atoms. The van der Waals surface area contributed by atoms with E-state index in [4.69, 9.17) is 14.4 Å². The first-order valence-corrected chi connectivity index (χ1v) is 10.9. The zero-order chi connectivity index (χ0) is 24.1. The molecule has 0 saturated heterocycles. The molecule has 178 valence electrons. The number of fused-ring (bicyclic) bond motifs is 1. The van der Waals surface area contributed by atoms with Gasteiger partial charge in [0.2, 0.25) is 5.82 Å². The van der Waals surface area contributed by atoms with Crippen LogP contribution in [-0.2, 0) is 12.8 Å². The van der Waals surface area contributed by atoms with E-state index < -0.39 is 12.8 Å². The molecule has 10 heteroatoms. The zero-order valence-electron chi connectivity index (χ0n) is 18.3. The first-order chi connectivity index (χ1) is 16.4. The molecule has 0 unspecified atom stereocenters. The van der Waals surface area contributed by atoms with E-state index >= 15 is 0 Å². The van der Waals surface area contributed by atoms with Crippen molar-refractivity contribution in [2.75, 3.05) is 32.8 Å². The molecule has 1 N–H and O–H groups in total. The summed E-state index contributed by atoms with van der Waals surface area (Å²) in [5.74, 6) is 0.371. The fourth-order valence-corrected chi connectivity index (χ4v) is 3.92. The molecule has 0 spiro atoms. The molecule has 2 aromatic carbocycles. The second kappa shape index (κ2) is 10.2. The van der Waals surface area contributed by atoms with Gasteiger partial charge in [0.25, 0.3) is 5.89 Å². The Labute approximate surface area is 194 Å². The van der Waals surface area contributed by atoms with E-state index in [1.165, 1.54) is 29.3 Å². The fraction of sp³-hybridized carbons (Fsp3) is 0.375. The maximum absolute atomic E-state index is 12.4. The minimum absolute atomic E-state index is 0.0581. The normalized spacial score (nSPS) is 14.3. The zero-order valence-corrected chi connectivity index (χ0v) is 18.3. The van der Waals surface area contributed by atoms with Crippen molar-refractivity contribution in [1.29, 1.82) is 5.26 Å². The van der Waals surface area contributed by atoms with Crippen LogP contribution in [0.3, 0.4) is 0 Å². The molecule has 0 atom stereocenters. The van der Waals surface area contributed by atoms with Gasteiger partial charge in [-0.25, -0.2) is 0 Å². The van der Waals surface area contributed by atoms with Gasteiger partial charge in [-0.05, 0) is 54.7 Å². The topological polar surface area (TPSA) is 95.4 Å². The van der Waals surface area contributed by atoms with Gasteiger partial charge in [0.05, 0.1) is 5.56 Å². The average Bonchev–Trinajstić information content (AvgIpc) is 3.23. The van der Waals surface area contributed by atoms with Crippen LogP contribution in [0, 0.1) is 11.3 Å². The van der Waals surface area contributed by atoms with E-state index in [0.717, 1.165) is 44.5 Å². The van der Waals surface area contributed by atoms with E-state index in [-0.39, 0.29) is 23.8 Å². The molecule has 7 nitrogen and oxygen atoms in total. The lowest BCUT2D eigenvalue weighted by atomic mass is 10.00. The SMILES string of the molecule is N#Cc1cc(-c2nc(-c3ccc4c(c3)CCN(CCCO)CC4)no2)ccc1OCC(F)(F)F. The van der Waals surface area contributed by atoms with Gasteiger partial charge in [-0.1, -0.05) is 17.3 Å². The quantitative estimate of drug-likeness (QED) is 0.555. The predicted molar refractivity (Wildman–Crippen MR) is 117 cm³/mol. The lowest BCUT2D eigenvalue weighted by Crippen LogP contribution is -2.28. The summed E-state index contributed by atoms with van der Waals surface area (Å²) in [4.78, 5) is 6.77. The number of ether oxygens (including phenoxy) is 1. The Kier molecular flexibility index (Phi) is 7.14. The molecular formula is C24H23F3N4O3. The summed E-state index contributed by atoms with van der Waals surface area (Å²) in [7, 11) is 0. The highest BCUT2D eigenvalue weighted by molar-refractivity contribution is 5.64. The number of hydrogen-bond acceptors (Lipinski definition) is 7. The highest BCUT2D eigenvalue weighted by Crippen LogP contribution is 2.29. The number of halogens is 3. The Bertz CT molecular complexity index is 1190. The smallest absolute Gasteiger partial charge is 0.422 e. The number of aliphatic hydroxyl groups is 1. The van der Waals surface area contributed by atoms with Crippen LogP contribution in [0.1, 0.15) is 23.1 Å². The van der Waals surface area contributed by atoms with Gasteiger partial charge in [-0.2, -0.15) is 23.4 Å². The largest absolute Gasteiger partial charge is 0.483 e. The van der Waals surface area contributed by atoms with Gasteiger partial charge in [0.15, 0.2) is 6.61 Å². The minimum Gasteiger partial charge on any atom is -0.483 e. The first kappa shape index (κ1) is 23.7. The van der Waals surface area contributed by atoms with Crippen LogP contribution in [-0.4, -0.2) is 59.2 Å². The number of rotatable bonds is 7. The van der Waals surface area contributed by atoms with Crippen LogP contribution in [0.5, 0.6) is 5.75 Å². The molecule has 0 fully saturated rings. The second-order valence-electron chi connectivity index (χ2n) is 8.05. The van der Waals surface area contributed by atoms with Gasteiger partial charge in [-0.15, -0.1) is 0 Å². The predicted octanol–water partition coefficient (Wildman–Crippen LogP) is 4.00. The van der Waals surface area contributed by atoms with E-state index in [0.29, 0.717) is 11.4 Å². The third-order valence-corrected chi connectivity index (χ3v) is 5.66. The van der Waals surface area contributed by atoms with Gasteiger partial charge >= 0.3 is 6.18 Å².